The average molecular weight is 334 g/mol. The second-order valence-electron chi connectivity index (χ2n) is 7.03. The zero-order valence-corrected chi connectivity index (χ0v) is 15.5. The monoisotopic (exact) mass is 334 g/mol. The van der Waals surface area contributed by atoms with Crippen LogP contribution in [0.2, 0.25) is 0 Å². The summed E-state index contributed by atoms with van der Waals surface area (Å²) in [5.74, 6) is 2.89. The average Bonchev–Trinajstić information content (AvgIpc) is 3.09. The fourth-order valence-electron chi connectivity index (χ4n) is 2.84. The van der Waals surface area contributed by atoms with E-state index in [0.717, 1.165) is 11.5 Å². The lowest BCUT2D eigenvalue weighted by atomic mass is 9.99. The number of benzene rings is 3. The molecule has 0 aliphatic carbocycles. The summed E-state index contributed by atoms with van der Waals surface area (Å²) in [6, 6.07) is 21.3. The third-order valence-electron chi connectivity index (χ3n) is 4.50. The molecule has 0 saturated heterocycles. The SMILES string of the molecule is CC(C)c1ccc2c(c1)OCO2.CC(C)c1ccc2ccccc2c1. The van der Waals surface area contributed by atoms with E-state index in [1.54, 1.807) is 0 Å². The summed E-state index contributed by atoms with van der Waals surface area (Å²) in [5, 5.41) is 2.67. The zero-order valence-electron chi connectivity index (χ0n) is 15.5. The van der Waals surface area contributed by atoms with Gasteiger partial charge in [0.25, 0.3) is 0 Å². The molecule has 2 nitrogen and oxygen atoms in total. The molecule has 0 atom stereocenters. The van der Waals surface area contributed by atoms with Crippen LogP contribution in [0.15, 0.2) is 60.7 Å². The Labute approximate surface area is 150 Å². The summed E-state index contributed by atoms with van der Waals surface area (Å²) in [6.45, 7) is 9.14. The largest absolute Gasteiger partial charge is 0.454 e. The summed E-state index contributed by atoms with van der Waals surface area (Å²) >= 11 is 0. The molecule has 3 aromatic rings. The van der Waals surface area contributed by atoms with Gasteiger partial charge in [-0.1, -0.05) is 76.2 Å². The Morgan fingerprint density at radius 2 is 1.24 bits per heavy atom. The molecule has 0 saturated carbocycles. The van der Waals surface area contributed by atoms with Gasteiger partial charge in [0, 0.05) is 0 Å². The molecule has 0 amide bonds. The van der Waals surface area contributed by atoms with Gasteiger partial charge in [-0.25, -0.2) is 0 Å². The quantitative estimate of drug-likeness (QED) is 0.532. The van der Waals surface area contributed by atoms with Gasteiger partial charge in [0.15, 0.2) is 11.5 Å². The van der Waals surface area contributed by atoms with Gasteiger partial charge in [-0.3, -0.25) is 0 Å². The van der Waals surface area contributed by atoms with Crippen LogP contribution >= 0.6 is 0 Å². The molecule has 0 radical (unpaired) electrons. The molecule has 1 aliphatic rings. The topological polar surface area (TPSA) is 18.5 Å². The maximum absolute atomic E-state index is 5.27. The first-order chi connectivity index (χ1) is 12.0. The van der Waals surface area contributed by atoms with Gasteiger partial charge >= 0.3 is 0 Å². The Hall–Kier alpha value is -2.48. The van der Waals surface area contributed by atoms with Crippen molar-refractivity contribution in [3.8, 4) is 11.5 Å². The van der Waals surface area contributed by atoms with Gasteiger partial charge in [-0.2, -0.15) is 0 Å². The Morgan fingerprint density at radius 1 is 0.640 bits per heavy atom. The van der Waals surface area contributed by atoms with Gasteiger partial charge in [-0.15, -0.1) is 0 Å². The molecule has 0 N–H and O–H groups in total. The van der Waals surface area contributed by atoms with E-state index in [4.69, 9.17) is 9.47 Å². The van der Waals surface area contributed by atoms with Crippen LogP contribution in [0.3, 0.4) is 0 Å². The highest BCUT2D eigenvalue weighted by Crippen LogP contribution is 2.34. The third kappa shape index (κ3) is 4.14. The fraction of sp³-hybridized carbons (Fsp3) is 0.304. The Bertz CT molecular complexity index is 850. The van der Waals surface area contributed by atoms with E-state index >= 15 is 0 Å². The molecule has 0 unspecified atom stereocenters. The van der Waals surface area contributed by atoms with Crippen molar-refractivity contribution in [1.29, 1.82) is 0 Å². The molecule has 0 bridgehead atoms. The second kappa shape index (κ2) is 7.60. The predicted molar refractivity (Wildman–Crippen MR) is 105 cm³/mol. The summed E-state index contributed by atoms with van der Waals surface area (Å²) in [4.78, 5) is 0. The molecule has 25 heavy (non-hydrogen) atoms. The lowest BCUT2D eigenvalue weighted by molar-refractivity contribution is 0.174. The zero-order chi connectivity index (χ0) is 17.8. The second-order valence-corrected chi connectivity index (χ2v) is 7.03. The molecule has 3 aromatic carbocycles. The molecular formula is C23H26O2. The maximum Gasteiger partial charge on any atom is 0.231 e. The van der Waals surface area contributed by atoms with Gasteiger partial charge in [0.05, 0.1) is 0 Å². The van der Waals surface area contributed by atoms with Crippen LogP contribution < -0.4 is 9.47 Å². The van der Waals surface area contributed by atoms with E-state index in [9.17, 15) is 0 Å². The molecule has 1 aliphatic heterocycles. The van der Waals surface area contributed by atoms with E-state index in [1.807, 2.05) is 12.1 Å². The van der Waals surface area contributed by atoms with E-state index < -0.39 is 0 Å². The van der Waals surface area contributed by atoms with Crippen molar-refractivity contribution in [3.63, 3.8) is 0 Å². The van der Waals surface area contributed by atoms with Crippen molar-refractivity contribution in [3.05, 3.63) is 71.8 Å². The van der Waals surface area contributed by atoms with Gasteiger partial charge in [0.1, 0.15) is 0 Å². The molecule has 0 spiro atoms. The lowest BCUT2D eigenvalue weighted by Gasteiger charge is -2.06. The van der Waals surface area contributed by atoms with Crippen LogP contribution in [-0.4, -0.2) is 6.79 Å². The molecule has 0 aromatic heterocycles. The Morgan fingerprint density at radius 3 is 1.96 bits per heavy atom. The number of fused-ring (bicyclic) bond motifs is 2. The first-order valence-corrected chi connectivity index (χ1v) is 8.93. The first-order valence-electron chi connectivity index (χ1n) is 8.93. The van der Waals surface area contributed by atoms with Crippen molar-refractivity contribution in [1.82, 2.24) is 0 Å². The van der Waals surface area contributed by atoms with Crippen LogP contribution in [0.4, 0.5) is 0 Å². The summed E-state index contributed by atoms with van der Waals surface area (Å²) < 4.78 is 10.5. The van der Waals surface area contributed by atoms with Crippen molar-refractivity contribution < 1.29 is 9.47 Å². The highest BCUT2D eigenvalue weighted by Gasteiger charge is 2.13. The molecular weight excluding hydrogens is 308 g/mol. The minimum atomic E-state index is 0.358. The standard InChI is InChI=1S/C13H14.C10H12O2/c1-10(2)12-8-7-11-5-3-4-6-13(11)9-12;1-7(2)8-3-4-9-10(5-8)12-6-11-9/h3-10H,1-2H3;3-5,7H,6H2,1-2H3. The minimum Gasteiger partial charge on any atom is -0.454 e. The minimum absolute atomic E-state index is 0.358. The van der Waals surface area contributed by atoms with Crippen LogP contribution in [0.1, 0.15) is 50.7 Å². The Kier molecular flexibility index (Phi) is 5.28. The van der Waals surface area contributed by atoms with Gasteiger partial charge < -0.3 is 9.47 Å². The van der Waals surface area contributed by atoms with Crippen LogP contribution in [0.25, 0.3) is 10.8 Å². The molecule has 4 rings (SSSR count). The normalized spacial score (nSPS) is 12.4. The number of hydrogen-bond acceptors (Lipinski definition) is 2. The van der Waals surface area contributed by atoms with Crippen LogP contribution in [-0.2, 0) is 0 Å². The first kappa shape index (κ1) is 17.3. The fourth-order valence-corrected chi connectivity index (χ4v) is 2.84. The van der Waals surface area contributed by atoms with Crippen molar-refractivity contribution in [2.45, 2.75) is 39.5 Å². The van der Waals surface area contributed by atoms with Crippen molar-refractivity contribution in [2.24, 2.45) is 0 Å². The van der Waals surface area contributed by atoms with E-state index in [0.29, 0.717) is 18.6 Å². The molecule has 130 valence electrons. The highest BCUT2D eigenvalue weighted by atomic mass is 16.7. The summed E-state index contributed by atoms with van der Waals surface area (Å²) in [6.07, 6.45) is 0. The smallest absolute Gasteiger partial charge is 0.231 e. The van der Waals surface area contributed by atoms with Crippen LogP contribution in [0.5, 0.6) is 11.5 Å². The van der Waals surface area contributed by atoms with E-state index in [-0.39, 0.29) is 0 Å². The highest BCUT2D eigenvalue weighted by molar-refractivity contribution is 5.83. The lowest BCUT2D eigenvalue weighted by Crippen LogP contribution is -1.93. The van der Waals surface area contributed by atoms with E-state index in [2.05, 4.69) is 76.2 Å². The maximum atomic E-state index is 5.27. The van der Waals surface area contributed by atoms with Gasteiger partial charge in [-0.05, 0) is 45.9 Å². The number of hydrogen-bond donors (Lipinski definition) is 0. The predicted octanol–water partition coefficient (Wildman–Crippen LogP) is 6.50. The number of rotatable bonds is 2. The summed E-state index contributed by atoms with van der Waals surface area (Å²) in [7, 11) is 0. The van der Waals surface area contributed by atoms with Gasteiger partial charge in [0.2, 0.25) is 6.79 Å². The van der Waals surface area contributed by atoms with Crippen molar-refractivity contribution in [2.75, 3.05) is 6.79 Å². The van der Waals surface area contributed by atoms with Crippen molar-refractivity contribution >= 4 is 10.8 Å². The summed E-state index contributed by atoms with van der Waals surface area (Å²) in [5.41, 5.74) is 2.71. The Balaban J connectivity index is 0.000000146. The van der Waals surface area contributed by atoms with E-state index in [1.165, 1.54) is 21.9 Å². The third-order valence-corrected chi connectivity index (χ3v) is 4.50. The molecule has 2 heteroatoms. The van der Waals surface area contributed by atoms with Crippen LogP contribution in [0, 0.1) is 0 Å². The number of ether oxygens (including phenoxy) is 2. The molecule has 0 fully saturated rings. The molecule has 1 heterocycles.